The van der Waals surface area contributed by atoms with E-state index >= 15 is 0 Å². The fourth-order valence-electron chi connectivity index (χ4n) is 1.71. The second kappa shape index (κ2) is 5.83. The first-order valence-corrected chi connectivity index (χ1v) is 5.94. The second-order valence-corrected chi connectivity index (χ2v) is 4.48. The van der Waals surface area contributed by atoms with Crippen LogP contribution in [-0.4, -0.2) is 32.9 Å². The van der Waals surface area contributed by atoms with Gasteiger partial charge in [-0.3, -0.25) is 9.36 Å². The first-order valence-electron chi connectivity index (χ1n) is 5.94. The van der Waals surface area contributed by atoms with Crippen molar-refractivity contribution in [2.75, 3.05) is 7.11 Å². The number of hydrogen-bond acceptors (Lipinski definition) is 5. The molecule has 0 saturated heterocycles. The molecule has 0 amide bonds. The van der Waals surface area contributed by atoms with Crippen molar-refractivity contribution in [2.45, 2.75) is 39.0 Å². The molecule has 1 heterocycles. The normalized spacial score (nSPS) is 13.9. The van der Waals surface area contributed by atoms with Crippen molar-refractivity contribution in [3.05, 3.63) is 33.1 Å². The molecular formula is C12H18N2O5. The van der Waals surface area contributed by atoms with Crippen molar-refractivity contribution in [1.29, 1.82) is 0 Å². The average Bonchev–Trinajstić information content (AvgIpc) is 2.37. The molecule has 0 fully saturated rings. The van der Waals surface area contributed by atoms with Gasteiger partial charge in [-0.05, 0) is 13.3 Å². The van der Waals surface area contributed by atoms with Gasteiger partial charge in [0.25, 0.3) is 5.56 Å². The fourth-order valence-corrected chi connectivity index (χ4v) is 1.71. The zero-order valence-corrected chi connectivity index (χ0v) is 11.3. The summed E-state index contributed by atoms with van der Waals surface area (Å²) in [6.45, 7) is 3.11. The Labute approximate surface area is 110 Å². The third kappa shape index (κ3) is 3.31. The van der Waals surface area contributed by atoms with Gasteiger partial charge in [0.05, 0.1) is 13.7 Å². The van der Waals surface area contributed by atoms with Crippen LogP contribution in [0.5, 0.6) is 0 Å². The molecule has 7 nitrogen and oxygen atoms in total. The van der Waals surface area contributed by atoms with Crippen LogP contribution in [0.25, 0.3) is 0 Å². The molecule has 19 heavy (non-hydrogen) atoms. The predicted molar refractivity (Wildman–Crippen MR) is 67.9 cm³/mol. The first-order chi connectivity index (χ1) is 8.83. The number of carbonyl (C=O) groups excluding carboxylic acids is 1. The summed E-state index contributed by atoms with van der Waals surface area (Å²) in [6, 6.07) is 1.23. The Morgan fingerprint density at radius 3 is 2.63 bits per heavy atom. The third-order valence-electron chi connectivity index (χ3n) is 2.70. The van der Waals surface area contributed by atoms with Gasteiger partial charge in [-0.2, -0.15) is 0 Å². The van der Waals surface area contributed by atoms with Crippen molar-refractivity contribution >= 4 is 5.97 Å². The predicted octanol–water partition coefficient (Wildman–Crippen LogP) is -0.656. The zero-order valence-electron chi connectivity index (χ0n) is 11.3. The van der Waals surface area contributed by atoms with Crippen molar-refractivity contribution in [3.8, 4) is 0 Å². The van der Waals surface area contributed by atoms with E-state index in [2.05, 4.69) is 4.74 Å². The third-order valence-corrected chi connectivity index (χ3v) is 2.70. The number of aryl methyl sites for hydroxylation is 1. The molecule has 0 saturated carbocycles. The van der Waals surface area contributed by atoms with E-state index in [1.54, 1.807) is 0 Å². The summed E-state index contributed by atoms with van der Waals surface area (Å²) in [5.74, 6) is -0.898. The molecular weight excluding hydrogens is 252 g/mol. The number of aliphatic hydroxyl groups is 1. The Kier molecular flexibility index (Phi) is 4.66. The molecule has 1 unspecified atom stereocenters. The SMILES string of the molecule is CCCn1ccc(=O)n(CC(C)(O)C(=O)OC)c1=O. The van der Waals surface area contributed by atoms with Gasteiger partial charge in [-0.25, -0.2) is 9.59 Å². The summed E-state index contributed by atoms with van der Waals surface area (Å²) in [5.41, 5.74) is -3.05. The van der Waals surface area contributed by atoms with E-state index in [1.165, 1.54) is 23.8 Å². The average molecular weight is 270 g/mol. The molecule has 1 N–H and O–H groups in total. The van der Waals surface area contributed by atoms with Crippen LogP contribution in [0.1, 0.15) is 20.3 Å². The van der Waals surface area contributed by atoms with E-state index in [0.29, 0.717) is 6.54 Å². The molecule has 0 aliphatic carbocycles. The highest BCUT2D eigenvalue weighted by Gasteiger charge is 2.33. The Bertz CT molecular complexity index is 570. The second-order valence-electron chi connectivity index (χ2n) is 4.48. The van der Waals surface area contributed by atoms with Crippen LogP contribution >= 0.6 is 0 Å². The lowest BCUT2D eigenvalue weighted by Gasteiger charge is -2.21. The number of ether oxygens (including phenoxy) is 1. The van der Waals surface area contributed by atoms with E-state index in [-0.39, 0.29) is 0 Å². The standard InChI is InChI=1S/C12H18N2O5/c1-4-6-13-7-5-9(15)14(11(13)17)8-12(2,18)10(16)19-3/h5,7,18H,4,6,8H2,1-3H3. The Morgan fingerprint density at radius 1 is 1.47 bits per heavy atom. The molecule has 0 spiro atoms. The lowest BCUT2D eigenvalue weighted by atomic mass is 10.1. The Hall–Kier alpha value is -1.89. The summed E-state index contributed by atoms with van der Waals surface area (Å²) in [4.78, 5) is 35.1. The van der Waals surface area contributed by atoms with E-state index in [0.717, 1.165) is 18.1 Å². The minimum Gasteiger partial charge on any atom is -0.467 e. The topological polar surface area (TPSA) is 90.5 Å². The molecule has 0 aliphatic heterocycles. The molecule has 106 valence electrons. The number of rotatable bonds is 5. The molecule has 1 aromatic heterocycles. The summed E-state index contributed by atoms with van der Waals surface area (Å²) < 4.78 is 6.61. The van der Waals surface area contributed by atoms with Gasteiger partial charge in [-0.15, -0.1) is 0 Å². The van der Waals surface area contributed by atoms with Crippen LogP contribution in [-0.2, 0) is 22.6 Å². The highest BCUT2D eigenvalue weighted by atomic mass is 16.5. The molecule has 0 radical (unpaired) electrons. The molecule has 1 atom stereocenters. The minimum atomic E-state index is -1.93. The van der Waals surface area contributed by atoms with Crippen LogP contribution < -0.4 is 11.2 Å². The number of esters is 1. The van der Waals surface area contributed by atoms with Gasteiger partial charge in [-0.1, -0.05) is 6.92 Å². The highest BCUT2D eigenvalue weighted by molar-refractivity contribution is 5.78. The number of methoxy groups -OCH3 is 1. The Balaban J connectivity index is 3.21. The van der Waals surface area contributed by atoms with Crippen molar-refractivity contribution in [2.24, 2.45) is 0 Å². The largest absolute Gasteiger partial charge is 0.467 e. The fraction of sp³-hybridized carbons (Fsp3) is 0.583. The van der Waals surface area contributed by atoms with E-state index in [4.69, 9.17) is 0 Å². The zero-order chi connectivity index (χ0) is 14.6. The monoisotopic (exact) mass is 270 g/mol. The van der Waals surface area contributed by atoms with E-state index < -0.39 is 29.4 Å². The molecule has 1 aromatic rings. The number of carbonyl (C=O) groups is 1. The summed E-state index contributed by atoms with van der Waals surface area (Å²) in [7, 11) is 1.12. The van der Waals surface area contributed by atoms with Gasteiger partial charge in [0, 0.05) is 18.8 Å². The summed E-state index contributed by atoms with van der Waals surface area (Å²) in [6.07, 6.45) is 2.13. The molecule has 0 aliphatic rings. The van der Waals surface area contributed by atoms with Crippen molar-refractivity contribution in [1.82, 2.24) is 9.13 Å². The first kappa shape index (κ1) is 15.2. The number of hydrogen-bond donors (Lipinski definition) is 1. The quantitative estimate of drug-likeness (QED) is 0.718. The molecule has 7 heteroatoms. The summed E-state index contributed by atoms with van der Waals surface area (Å²) in [5, 5.41) is 9.92. The van der Waals surface area contributed by atoms with Gasteiger partial charge < -0.3 is 14.4 Å². The van der Waals surface area contributed by atoms with Gasteiger partial charge >= 0.3 is 11.7 Å². The lowest BCUT2D eigenvalue weighted by Crippen LogP contribution is -2.48. The van der Waals surface area contributed by atoms with Gasteiger partial charge in [0.2, 0.25) is 0 Å². The van der Waals surface area contributed by atoms with Crippen LogP contribution in [0, 0.1) is 0 Å². The molecule has 0 aromatic carbocycles. The van der Waals surface area contributed by atoms with Gasteiger partial charge in [0.1, 0.15) is 0 Å². The smallest absolute Gasteiger partial charge is 0.339 e. The van der Waals surface area contributed by atoms with Crippen molar-refractivity contribution in [3.63, 3.8) is 0 Å². The summed E-state index contributed by atoms with van der Waals surface area (Å²) >= 11 is 0. The number of aromatic nitrogens is 2. The lowest BCUT2D eigenvalue weighted by molar-refractivity contribution is -0.161. The maximum absolute atomic E-state index is 12.0. The van der Waals surface area contributed by atoms with Crippen LogP contribution in [0.3, 0.4) is 0 Å². The van der Waals surface area contributed by atoms with Crippen LogP contribution in [0.4, 0.5) is 0 Å². The highest BCUT2D eigenvalue weighted by Crippen LogP contribution is 2.07. The minimum absolute atomic E-state index is 0.443. The van der Waals surface area contributed by atoms with E-state index in [9.17, 15) is 19.5 Å². The molecule has 1 rings (SSSR count). The maximum Gasteiger partial charge on any atom is 0.339 e. The van der Waals surface area contributed by atoms with Gasteiger partial charge in [0.15, 0.2) is 5.60 Å². The molecule has 0 bridgehead atoms. The van der Waals surface area contributed by atoms with Crippen LogP contribution in [0.15, 0.2) is 21.9 Å². The van der Waals surface area contributed by atoms with E-state index in [1.807, 2.05) is 6.92 Å². The Morgan fingerprint density at radius 2 is 2.11 bits per heavy atom. The van der Waals surface area contributed by atoms with Crippen molar-refractivity contribution < 1.29 is 14.6 Å². The maximum atomic E-state index is 12.0. The van der Waals surface area contributed by atoms with Crippen LogP contribution in [0.2, 0.25) is 0 Å². The number of nitrogens with zero attached hydrogens (tertiary/aromatic N) is 2.